The number of nitrogens with zero attached hydrogens (tertiary/aromatic N) is 1. The van der Waals surface area contributed by atoms with Crippen LogP contribution in [0.25, 0.3) is 0 Å². The van der Waals surface area contributed by atoms with Crippen LogP contribution in [-0.2, 0) is 10.0 Å². The monoisotopic (exact) mass is 287 g/mol. The molecule has 106 valence electrons. The van der Waals surface area contributed by atoms with Crippen LogP contribution < -0.4 is 10.5 Å². The summed E-state index contributed by atoms with van der Waals surface area (Å²) in [5.74, 6) is 0. The van der Waals surface area contributed by atoms with E-state index in [0.29, 0.717) is 12.2 Å². The van der Waals surface area contributed by atoms with Gasteiger partial charge in [-0.25, -0.2) is 13.6 Å². The second-order valence-electron chi connectivity index (χ2n) is 4.12. The quantitative estimate of drug-likeness (QED) is 0.451. The van der Waals surface area contributed by atoms with Crippen molar-refractivity contribution in [2.45, 2.75) is 31.1 Å². The zero-order valence-electron chi connectivity index (χ0n) is 10.6. The number of primary sulfonamides is 1. The minimum atomic E-state index is -4.00. The van der Waals surface area contributed by atoms with E-state index in [1.54, 1.807) is 0 Å². The van der Waals surface area contributed by atoms with Gasteiger partial charge in [-0.1, -0.05) is 19.8 Å². The molecule has 0 atom stereocenters. The highest BCUT2D eigenvalue weighted by Gasteiger charge is 2.18. The Morgan fingerprint density at radius 1 is 1.37 bits per heavy atom. The molecule has 19 heavy (non-hydrogen) atoms. The van der Waals surface area contributed by atoms with Gasteiger partial charge in [0, 0.05) is 18.7 Å². The maximum Gasteiger partial charge on any atom is 0.270 e. The molecule has 0 aliphatic carbocycles. The first-order valence-electron chi connectivity index (χ1n) is 5.91. The van der Waals surface area contributed by atoms with Gasteiger partial charge < -0.3 is 5.32 Å². The number of anilines is 1. The van der Waals surface area contributed by atoms with Gasteiger partial charge in [-0.15, -0.1) is 0 Å². The van der Waals surface area contributed by atoms with Crippen LogP contribution in [0.1, 0.15) is 26.2 Å². The molecule has 0 spiro atoms. The molecule has 0 amide bonds. The van der Waals surface area contributed by atoms with Crippen molar-refractivity contribution in [2.24, 2.45) is 5.14 Å². The number of hydrogen-bond acceptors (Lipinski definition) is 5. The van der Waals surface area contributed by atoms with Gasteiger partial charge in [-0.05, 0) is 12.5 Å². The first-order chi connectivity index (χ1) is 8.86. The zero-order valence-corrected chi connectivity index (χ0v) is 11.4. The van der Waals surface area contributed by atoms with Gasteiger partial charge >= 0.3 is 0 Å². The molecule has 0 aromatic heterocycles. The minimum absolute atomic E-state index is 0.252. The first-order valence-corrected chi connectivity index (χ1v) is 7.46. The largest absolute Gasteiger partial charge is 0.384 e. The Hall–Kier alpha value is -1.67. The van der Waals surface area contributed by atoms with E-state index in [1.165, 1.54) is 12.1 Å². The van der Waals surface area contributed by atoms with E-state index < -0.39 is 14.9 Å². The maximum absolute atomic E-state index is 11.4. The van der Waals surface area contributed by atoms with Crippen molar-refractivity contribution in [1.29, 1.82) is 0 Å². The third kappa shape index (κ3) is 4.49. The number of benzene rings is 1. The second kappa shape index (κ2) is 6.48. The van der Waals surface area contributed by atoms with Gasteiger partial charge in [0.05, 0.1) is 10.6 Å². The lowest BCUT2D eigenvalue weighted by molar-refractivity contribution is -0.385. The summed E-state index contributed by atoms with van der Waals surface area (Å²) in [6, 6.07) is 3.58. The minimum Gasteiger partial charge on any atom is -0.384 e. The maximum atomic E-state index is 11.4. The summed E-state index contributed by atoms with van der Waals surface area (Å²) in [5.41, 5.74) is -0.00710. The first kappa shape index (κ1) is 15.4. The number of nitrogens with two attached hydrogens (primary N) is 1. The van der Waals surface area contributed by atoms with Gasteiger partial charge in [-0.2, -0.15) is 0 Å². The molecule has 1 rings (SSSR count). The highest BCUT2D eigenvalue weighted by molar-refractivity contribution is 7.89. The normalized spacial score (nSPS) is 11.3. The number of rotatable bonds is 7. The summed E-state index contributed by atoms with van der Waals surface area (Å²) in [4.78, 5) is 9.73. The Balaban J connectivity index is 3.00. The summed E-state index contributed by atoms with van der Waals surface area (Å²) >= 11 is 0. The molecule has 0 unspecified atom stereocenters. The summed E-state index contributed by atoms with van der Waals surface area (Å²) < 4.78 is 22.9. The lowest BCUT2D eigenvalue weighted by Crippen LogP contribution is -2.16. The third-order valence-electron chi connectivity index (χ3n) is 2.58. The predicted octanol–water partition coefficient (Wildman–Crippen LogP) is 1.84. The van der Waals surface area contributed by atoms with Gasteiger partial charge in [0.25, 0.3) is 5.69 Å². The van der Waals surface area contributed by atoms with Crippen molar-refractivity contribution in [1.82, 2.24) is 0 Å². The average molecular weight is 287 g/mol. The fourth-order valence-electron chi connectivity index (χ4n) is 1.60. The van der Waals surface area contributed by atoms with Crippen molar-refractivity contribution in [3.8, 4) is 0 Å². The molecule has 0 saturated heterocycles. The summed E-state index contributed by atoms with van der Waals surface area (Å²) in [5, 5.41) is 18.6. The second-order valence-corrected chi connectivity index (χ2v) is 5.65. The van der Waals surface area contributed by atoms with Crippen LogP contribution >= 0.6 is 0 Å². The SMILES string of the molecule is CCCCCNc1ccc([N+](=O)[O-])cc1S(N)(=O)=O. The van der Waals surface area contributed by atoms with E-state index in [9.17, 15) is 18.5 Å². The van der Waals surface area contributed by atoms with E-state index >= 15 is 0 Å². The number of nitro groups is 1. The molecule has 3 N–H and O–H groups in total. The van der Waals surface area contributed by atoms with Crippen molar-refractivity contribution in [2.75, 3.05) is 11.9 Å². The molecular formula is C11H17N3O4S. The lowest BCUT2D eigenvalue weighted by atomic mass is 10.2. The molecule has 0 aliphatic rings. The summed E-state index contributed by atoms with van der Waals surface area (Å²) in [6.45, 7) is 2.65. The lowest BCUT2D eigenvalue weighted by Gasteiger charge is -2.10. The molecule has 8 heteroatoms. The van der Waals surface area contributed by atoms with Crippen molar-refractivity contribution < 1.29 is 13.3 Å². The van der Waals surface area contributed by atoms with Gasteiger partial charge in [0.1, 0.15) is 4.90 Å². The molecule has 0 fully saturated rings. The smallest absolute Gasteiger partial charge is 0.270 e. The zero-order chi connectivity index (χ0) is 14.5. The van der Waals surface area contributed by atoms with Gasteiger partial charge in [-0.3, -0.25) is 10.1 Å². The van der Waals surface area contributed by atoms with Crippen LogP contribution in [0, 0.1) is 10.1 Å². The summed E-state index contributed by atoms with van der Waals surface area (Å²) in [6.07, 6.45) is 2.95. The van der Waals surface area contributed by atoms with Crippen molar-refractivity contribution in [3.05, 3.63) is 28.3 Å². The predicted molar refractivity (Wildman–Crippen MR) is 72.5 cm³/mol. The summed E-state index contributed by atoms with van der Waals surface area (Å²) in [7, 11) is -4.00. The molecule has 1 aromatic carbocycles. The molecule has 7 nitrogen and oxygen atoms in total. The fraction of sp³-hybridized carbons (Fsp3) is 0.455. The van der Waals surface area contributed by atoms with E-state index in [0.717, 1.165) is 25.3 Å². The number of unbranched alkanes of at least 4 members (excludes halogenated alkanes) is 2. The molecule has 0 heterocycles. The molecular weight excluding hydrogens is 270 g/mol. The standard InChI is InChI=1S/C11H17N3O4S/c1-2-3-4-7-13-10-6-5-9(14(15)16)8-11(10)19(12,17)18/h5-6,8,13H,2-4,7H2,1H3,(H2,12,17,18). The number of sulfonamides is 1. The van der Waals surface area contributed by atoms with E-state index in [4.69, 9.17) is 5.14 Å². The molecule has 1 aromatic rings. The fourth-order valence-corrected chi connectivity index (χ4v) is 2.34. The van der Waals surface area contributed by atoms with E-state index in [1.807, 2.05) is 0 Å². The molecule has 0 bridgehead atoms. The Morgan fingerprint density at radius 3 is 2.58 bits per heavy atom. The average Bonchev–Trinajstić information content (AvgIpc) is 2.33. The molecule has 0 aliphatic heterocycles. The number of nitrogens with one attached hydrogen (secondary N) is 1. The van der Waals surface area contributed by atoms with Crippen LogP contribution in [0.15, 0.2) is 23.1 Å². The van der Waals surface area contributed by atoms with Crippen LogP contribution in [0.5, 0.6) is 0 Å². The number of hydrogen-bond donors (Lipinski definition) is 2. The topological polar surface area (TPSA) is 115 Å². The Bertz CT molecular complexity index is 557. The highest BCUT2D eigenvalue weighted by atomic mass is 32.2. The number of non-ortho nitro benzene ring substituents is 1. The number of nitro benzene ring substituents is 1. The van der Waals surface area contributed by atoms with Gasteiger partial charge in [0.15, 0.2) is 0 Å². The van der Waals surface area contributed by atoms with Crippen LogP contribution in [-0.4, -0.2) is 19.9 Å². The van der Waals surface area contributed by atoms with Gasteiger partial charge in [0.2, 0.25) is 10.0 Å². The van der Waals surface area contributed by atoms with Crippen LogP contribution in [0.3, 0.4) is 0 Å². The van der Waals surface area contributed by atoms with Crippen LogP contribution in [0.4, 0.5) is 11.4 Å². The molecule has 0 saturated carbocycles. The highest BCUT2D eigenvalue weighted by Crippen LogP contribution is 2.25. The third-order valence-corrected chi connectivity index (χ3v) is 3.53. The van der Waals surface area contributed by atoms with E-state index in [2.05, 4.69) is 12.2 Å². The van der Waals surface area contributed by atoms with E-state index in [-0.39, 0.29) is 10.6 Å². The Labute approximate surface area is 112 Å². The Morgan fingerprint density at radius 2 is 2.05 bits per heavy atom. The van der Waals surface area contributed by atoms with Crippen molar-refractivity contribution in [3.63, 3.8) is 0 Å². The molecule has 0 radical (unpaired) electrons. The van der Waals surface area contributed by atoms with Crippen LogP contribution in [0.2, 0.25) is 0 Å². The van der Waals surface area contributed by atoms with Crippen molar-refractivity contribution >= 4 is 21.4 Å². The Kier molecular flexibility index (Phi) is 5.25.